The second-order valence-corrected chi connectivity index (χ2v) is 5.07. The summed E-state index contributed by atoms with van der Waals surface area (Å²) in [5.74, 6) is 0.334. The van der Waals surface area contributed by atoms with Gasteiger partial charge in [-0.3, -0.25) is 9.78 Å². The van der Waals surface area contributed by atoms with E-state index in [1.165, 1.54) is 0 Å². The highest BCUT2D eigenvalue weighted by molar-refractivity contribution is 6.07. The van der Waals surface area contributed by atoms with Crippen molar-refractivity contribution in [3.8, 4) is 0 Å². The molecule has 7 nitrogen and oxygen atoms in total. The van der Waals surface area contributed by atoms with Crippen molar-refractivity contribution in [2.24, 2.45) is 0 Å². The first kappa shape index (κ1) is 13.3. The molecule has 0 unspecified atom stereocenters. The van der Waals surface area contributed by atoms with Gasteiger partial charge in [-0.2, -0.15) is 9.61 Å². The maximum Gasteiger partial charge on any atom is 0.276 e. The van der Waals surface area contributed by atoms with Crippen LogP contribution in [0.1, 0.15) is 16.3 Å². The molecular formula is C16H12N6O. The summed E-state index contributed by atoms with van der Waals surface area (Å²) in [4.78, 5) is 16.8. The summed E-state index contributed by atoms with van der Waals surface area (Å²) in [6, 6.07) is 12.7. The SMILES string of the molecule is Cc1nnc2ccc(C(=O)Nc3cccc4ncccc34)nn12. The van der Waals surface area contributed by atoms with Gasteiger partial charge in [-0.25, -0.2) is 0 Å². The van der Waals surface area contributed by atoms with Crippen LogP contribution in [-0.4, -0.2) is 30.7 Å². The lowest BCUT2D eigenvalue weighted by Crippen LogP contribution is -2.15. The van der Waals surface area contributed by atoms with E-state index >= 15 is 0 Å². The molecule has 1 amide bonds. The highest BCUT2D eigenvalue weighted by Crippen LogP contribution is 2.21. The molecule has 0 saturated heterocycles. The molecule has 3 heterocycles. The monoisotopic (exact) mass is 304 g/mol. The van der Waals surface area contributed by atoms with Crippen molar-refractivity contribution in [3.05, 3.63) is 60.2 Å². The van der Waals surface area contributed by atoms with Crippen molar-refractivity contribution in [2.75, 3.05) is 5.32 Å². The molecule has 4 rings (SSSR count). The van der Waals surface area contributed by atoms with E-state index in [2.05, 4.69) is 25.6 Å². The van der Waals surface area contributed by atoms with Crippen LogP contribution >= 0.6 is 0 Å². The number of hydrogen-bond acceptors (Lipinski definition) is 5. The maximum absolute atomic E-state index is 12.5. The number of rotatable bonds is 2. The number of anilines is 1. The molecule has 4 aromatic rings. The van der Waals surface area contributed by atoms with Gasteiger partial charge >= 0.3 is 0 Å². The van der Waals surface area contributed by atoms with Crippen LogP contribution in [0, 0.1) is 6.92 Å². The van der Waals surface area contributed by atoms with Gasteiger partial charge in [0.1, 0.15) is 5.69 Å². The lowest BCUT2D eigenvalue weighted by atomic mass is 10.2. The smallest absolute Gasteiger partial charge is 0.276 e. The normalized spacial score (nSPS) is 11.0. The maximum atomic E-state index is 12.5. The van der Waals surface area contributed by atoms with Gasteiger partial charge in [0.15, 0.2) is 11.5 Å². The van der Waals surface area contributed by atoms with E-state index in [1.54, 1.807) is 29.8 Å². The first-order valence-corrected chi connectivity index (χ1v) is 7.06. The summed E-state index contributed by atoms with van der Waals surface area (Å²) < 4.78 is 1.54. The zero-order valence-electron chi connectivity index (χ0n) is 12.3. The second-order valence-electron chi connectivity index (χ2n) is 5.07. The zero-order chi connectivity index (χ0) is 15.8. The molecule has 3 aromatic heterocycles. The Hall–Kier alpha value is -3.35. The molecule has 0 aliphatic rings. The van der Waals surface area contributed by atoms with Crippen LogP contribution in [-0.2, 0) is 0 Å². The third-order valence-electron chi connectivity index (χ3n) is 3.55. The zero-order valence-corrected chi connectivity index (χ0v) is 12.3. The van der Waals surface area contributed by atoms with Gasteiger partial charge in [-0.15, -0.1) is 10.2 Å². The number of aryl methyl sites for hydroxylation is 1. The minimum atomic E-state index is -0.295. The number of aromatic nitrogens is 5. The summed E-state index contributed by atoms with van der Waals surface area (Å²) in [7, 11) is 0. The number of fused-ring (bicyclic) bond motifs is 2. The summed E-state index contributed by atoms with van der Waals surface area (Å²) >= 11 is 0. The molecule has 0 saturated carbocycles. The number of pyridine rings is 1. The Labute approximate surface area is 131 Å². The third-order valence-corrected chi connectivity index (χ3v) is 3.55. The Balaban J connectivity index is 1.72. The number of carbonyl (C=O) groups is 1. The number of nitrogens with one attached hydrogen (secondary N) is 1. The van der Waals surface area contributed by atoms with Crippen molar-refractivity contribution in [3.63, 3.8) is 0 Å². The van der Waals surface area contributed by atoms with Crippen molar-refractivity contribution < 1.29 is 4.79 Å². The van der Waals surface area contributed by atoms with E-state index in [0.29, 0.717) is 22.9 Å². The highest BCUT2D eigenvalue weighted by Gasteiger charge is 2.12. The Morgan fingerprint density at radius 3 is 2.91 bits per heavy atom. The minimum absolute atomic E-state index is 0.293. The summed E-state index contributed by atoms with van der Waals surface area (Å²) in [6.07, 6.45) is 1.72. The number of nitrogens with zero attached hydrogens (tertiary/aromatic N) is 5. The van der Waals surface area contributed by atoms with Gasteiger partial charge in [-0.05, 0) is 43.3 Å². The van der Waals surface area contributed by atoms with Gasteiger partial charge in [0.2, 0.25) is 0 Å². The molecule has 0 fully saturated rings. The van der Waals surface area contributed by atoms with E-state index in [-0.39, 0.29) is 5.91 Å². The van der Waals surface area contributed by atoms with Crippen molar-refractivity contribution in [2.45, 2.75) is 6.92 Å². The molecule has 0 spiro atoms. The Morgan fingerprint density at radius 2 is 2.00 bits per heavy atom. The first-order valence-electron chi connectivity index (χ1n) is 7.06. The molecule has 0 bridgehead atoms. The second kappa shape index (κ2) is 5.13. The van der Waals surface area contributed by atoms with E-state index in [0.717, 1.165) is 10.9 Å². The fraction of sp³-hybridized carbons (Fsp3) is 0.0625. The van der Waals surface area contributed by atoms with E-state index < -0.39 is 0 Å². The quantitative estimate of drug-likeness (QED) is 0.614. The molecule has 0 radical (unpaired) electrons. The largest absolute Gasteiger partial charge is 0.320 e. The average Bonchev–Trinajstić information content (AvgIpc) is 2.96. The Morgan fingerprint density at radius 1 is 1.09 bits per heavy atom. The summed E-state index contributed by atoms with van der Waals surface area (Å²) in [6.45, 7) is 1.78. The van der Waals surface area contributed by atoms with E-state index in [4.69, 9.17) is 0 Å². The standard InChI is InChI=1S/C16H12N6O/c1-10-19-20-15-8-7-14(21-22(10)15)16(23)18-13-6-2-5-12-11(13)4-3-9-17-12/h2-9H,1H3,(H,18,23). The lowest BCUT2D eigenvalue weighted by Gasteiger charge is -2.08. The third kappa shape index (κ3) is 2.28. The molecule has 0 aliphatic heterocycles. The van der Waals surface area contributed by atoms with E-state index in [9.17, 15) is 4.79 Å². The van der Waals surface area contributed by atoms with Crippen LogP contribution in [0.15, 0.2) is 48.7 Å². The molecule has 112 valence electrons. The van der Waals surface area contributed by atoms with Crippen molar-refractivity contribution >= 4 is 28.1 Å². The molecule has 0 atom stereocenters. The molecule has 1 N–H and O–H groups in total. The predicted octanol–water partition coefficient (Wildman–Crippen LogP) is 2.23. The fourth-order valence-corrected chi connectivity index (χ4v) is 2.42. The van der Waals surface area contributed by atoms with Crippen molar-refractivity contribution in [1.82, 2.24) is 24.8 Å². The van der Waals surface area contributed by atoms with Crippen LogP contribution in [0.2, 0.25) is 0 Å². The van der Waals surface area contributed by atoms with E-state index in [1.807, 2.05) is 30.3 Å². The Kier molecular flexibility index (Phi) is 2.97. The average molecular weight is 304 g/mol. The highest BCUT2D eigenvalue weighted by atomic mass is 16.1. The van der Waals surface area contributed by atoms with Gasteiger partial charge in [0, 0.05) is 11.6 Å². The van der Waals surface area contributed by atoms with Gasteiger partial charge in [0.05, 0.1) is 11.2 Å². The summed E-state index contributed by atoms with van der Waals surface area (Å²) in [5, 5.41) is 15.9. The van der Waals surface area contributed by atoms with Crippen LogP contribution in [0.5, 0.6) is 0 Å². The fourth-order valence-electron chi connectivity index (χ4n) is 2.42. The Bertz CT molecular complexity index is 1030. The number of amides is 1. The summed E-state index contributed by atoms with van der Waals surface area (Å²) in [5.41, 5.74) is 2.42. The lowest BCUT2D eigenvalue weighted by molar-refractivity contribution is 0.102. The van der Waals surface area contributed by atoms with Crippen LogP contribution in [0.4, 0.5) is 5.69 Å². The minimum Gasteiger partial charge on any atom is -0.320 e. The number of benzene rings is 1. The molecule has 23 heavy (non-hydrogen) atoms. The topological polar surface area (TPSA) is 85.1 Å². The molecular weight excluding hydrogens is 292 g/mol. The molecule has 1 aromatic carbocycles. The molecule has 0 aliphatic carbocycles. The molecule has 7 heteroatoms. The van der Waals surface area contributed by atoms with Crippen LogP contribution < -0.4 is 5.32 Å². The number of hydrogen-bond donors (Lipinski definition) is 1. The van der Waals surface area contributed by atoms with Gasteiger partial charge in [0.25, 0.3) is 5.91 Å². The van der Waals surface area contributed by atoms with Gasteiger partial charge in [-0.1, -0.05) is 6.07 Å². The first-order chi connectivity index (χ1) is 11.2. The van der Waals surface area contributed by atoms with Crippen LogP contribution in [0.3, 0.4) is 0 Å². The van der Waals surface area contributed by atoms with Gasteiger partial charge < -0.3 is 5.32 Å². The predicted molar refractivity (Wildman–Crippen MR) is 85.2 cm³/mol. The number of carbonyl (C=O) groups excluding carboxylic acids is 1. The van der Waals surface area contributed by atoms with Crippen molar-refractivity contribution in [1.29, 1.82) is 0 Å². The van der Waals surface area contributed by atoms with Crippen LogP contribution in [0.25, 0.3) is 16.6 Å².